The van der Waals surface area contributed by atoms with E-state index in [1.54, 1.807) is 0 Å². The van der Waals surface area contributed by atoms with Crippen LogP contribution >= 0.6 is 0 Å². The largest absolute Gasteiger partial charge is 0.378 e. The lowest BCUT2D eigenvalue weighted by Crippen LogP contribution is -2.57. The summed E-state index contributed by atoms with van der Waals surface area (Å²) < 4.78 is 32.4. The third-order valence-electron chi connectivity index (χ3n) is 6.04. The van der Waals surface area contributed by atoms with Crippen LogP contribution in [0.4, 0.5) is 13.6 Å². The van der Waals surface area contributed by atoms with Gasteiger partial charge in [-0.2, -0.15) is 0 Å². The smallest absolute Gasteiger partial charge is 0.320 e. The molecule has 2 atom stereocenters. The second-order valence-electron chi connectivity index (χ2n) is 7.83. The van der Waals surface area contributed by atoms with E-state index < -0.39 is 11.6 Å². The summed E-state index contributed by atoms with van der Waals surface area (Å²) in [4.78, 5) is 19.0. The molecular weight excluding hydrogens is 352 g/mol. The highest BCUT2D eigenvalue weighted by atomic mass is 19.1. The Balaban J connectivity index is 1.39. The molecule has 3 aliphatic heterocycles. The zero-order chi connectivity index (χ0) is 18.8. The number of nitrogens with zero attached hydrogens (tertiary/aromatic N) is 3. The van der Waals surface area contributed by atoms with Crippen LogP contribution in [0.15, 0.2) is 18.2 Å². The minimum atomic E-state index is -0.524. The molecule has 0 N–H and O–H groups in total. The maximum absolute atomic E-state index is 13.5. The molecular formula is C20H27F2N3O2. The van der Waals surface area contributed by atoms with Gasteiger partial charge in [0.1, 0.15) is 11.6 Å². The number of ether oxygens (including phenoxy) is 1. The highest BCUT2D eigenvalue weighted by Crippen LogP contribution is 2.32. The first kappa shape index (κ1) is 18.6. The Labute approximate surface area is 158 Å². The van der Waals surface area contributed by atoms with E-state index in [1.165, 1.54) is 12.1 Å². The Morgan fingerprint density at radius 1 is 1.00 bits per heavy atom. The predicted octanol–water partition coefficient (Wildman–Crippen LogP) is 2.70. The maximum atomic E-state index is 13.5. The lowest BCUT2D eigenvalue weighted by atomic mass is 9.83. The number of morpholine rings is 1. The number of fused-ring (bicyclic) bond motifs is 1. The van der Waals surface area contributed by atoms with Crippen molar-refractivity contribution in [1.82, 2.24) is 14.7 Å². The lowest BCUT2D eigenvalue weighted by molar-refractivity contribution is 0.0104. The van der Waals surface area contributed by atoms with E-state index in [0.717, 1.165) is 45.0 Å². The van der Waals surface area contributed by atoms with Gasteiger partial charge < -0.3 is 14.5 Å². The molecule has 0 aliphatic carbocycles. The SMILES string of the molecule is O=C(N1CCOCC1)N1CC[C@H]2[C@H](CCCN2Cc2cc(F)cc(F)c2)C1. The van der Waals surface area contributed by atoms with E-state index in [9.17, 15) is 13.6 Å². The Morgan fingerprint density at radius 2 is 1.74 bits per heavy atom. The molecule has 4 rings (SSSR count). The molecule has 1 aromatic carbocycles. The van der Waals surface area contributed by atoms with Gasteiger partial charge in [-0.25, -0.2) is 13.6 Å². The summed E-state index contributed by atoms with van der Waals surface area (Å²) in [5.74, 6) is -0.620. The summed E-state index contributed by atoms with van der Waals surface area (Å²) in [7, 11) is 0. The number of benzene rings is 1. The second kappa shape index (κ2) is 8.10. The zero-order valence-corrected chi connectivity index (χ0v) is 15.6. The van der Waals surface area contributed by atoms with Crippen LogP contribution in [0.2, 0.25) is 0 Å². The van der Waals surface area contributed by atoms with E-state index in [0.29, 0.717) is 50.4 Å². The van der Waals surface area contributed by atoms with Gasteiger partial charge in [0.15, 0.2) is 0 Å². The number of likely N-dealkylation sites (tertiary alicyclic amines) is 2. The molecule has 7 heteroatoms. The third kappa shape index (κ3) is 4.24. The average molecular weight is 379 g/mol. The predicted molar refractivity (Wildman–Crippen MR) is 97.3 cm³/mol. The quantitative estimate of drug-likeness (QED) is 0.793. The highest BCUT2D eigenvalue weighted by molar-refractivity contribution is 5.74. The van der Waals surface area contributed by atoms with Gasteiger partial charge in [-0.15, -0.1) is 0 Å². The lowest BCUT2D eigenvalue weighted by Gasteiger charge is -2.48. The molecule has 0 aromatic heterocycles. The Hall–Kier alpha value is -1.73. The first-order chi connectivity index (χ1) is 13.1. The summed E-state index contributed by atoms with van der Waals surface area (Å²) in [5, 5.41) is 0. The molecule has 27 heavy (non-hydrogen) atoms. The topological polar surface area (TPSA) is 36.0 Å². The molecule has 5 nitrogen and oxygen atoms in total. The van der Waals surface area contributed by atoms with Crippen LogP contribution in [-0.2, 0) is 11.3 Å². The molecule has 148 valence electrons. The van der Waals surface area contributed by atoms with E-state index in [2.05, 4.69) is 4.90 Å². The van der Waals surface area contributed by atoms with Gasteiger partial charge in [0.25, 0.3) is 0 Å². The average Bonchev–Trinajstić information content (AvgIpc) is 2.67. The van der Waals surface area contributed by atoms with Crippen molar-refractivity contribution in [3.63, 3.8) is 0 Å². The normalized spacial score (nSPS) is 26.7. The minimum absolute atomic E-state index is 0.126. The van der Waals surface area contributed by atoms with Crippen molar-refractivity contribution in [1.29, 1.82) is 0 Å². The number of urea groups is 1. The van der Waals surface area contributed by atoms with E-state index in [-0.39, 0.29) is 6.03 Å². The number of carbonyl (C=O) groups is 1. The van der Waals surface area contributed by atoms with E-state index >= 15 is 0 Å². The fraction of sp³-hybridized carbons (Fsp3) is 0.650. The van der Waals surface area contributed by atoms with Gasteiger partial charge in [-0.1, -0.05) is 0 Å². The molecule has 2 amide bonds. The fourth-order valence-electron chi connectivity index (χ4n) is 4.77. The van der Waals surface area contributed by atoms with Crippen LogP contribution in [-0.4, -0.2) is 72.7 Å². The van der Waals surface area contributed by atoms with E-state index in [1.807, 2.05) is 9.80 Å². The van der Waals surface area contributed by atoms with Gasteiger partial charge in [0.2, 0.25) is 0 Å². The molecule has 0 radical (unpaired) electrons. The summed E-state index contributed by atoms with van der Waals surface area (Å²) in [5.41, 5.74) is 0.681. The van der Waals surface area contributed by atoms with E-state index in [4.69, 9.17) is 4.74 Å². The first-order valence-corrected chi connectivity index (χ1v) is 9.91. The Bertz CT molecular complexity index is 661. The van der Waals surface area contributed by atoms with Crippen molar-refractivity contribution in [2.24, 2.45) is 5.92 Å². The summed E-state index contributed by atoms with van der Waals surface area (Å²) in [6.45, 7) is 5.58. The van der Waals surface area contributed by atoms with Crippen molar-refractivity contribution < 1.29 is 18.3 Å². The zero-order valence-electron chi connectivity index (χ0n) is 15.6. The summed E-state index contributed by atoms with van der Waals surface area (Å²) >= 11 is 0. The van der Waals surface area contributed by atoms with Gasteiger partial charge in [0, 0.05) is 44.8 Å². The molecule has 3 saturated heterocycles. The number of piperidine rings is 2. The van der Waals surface area contributed by atoms with Gasteiger partial charge in [0.05, 0.1) is 13.2 Å². The third-order valence-corrected chi connectivity index (χ3v) is 6.04. The maximum Gasteiger partial charge on any atom is 0.320 e. The molecule has 0 bridgehead atoms. The molecule has 3 heterocycles. The standard InChI is InChI=1S/C20H27F2N3O2/c21-17-10-15(11-18(22)12-17)13-24-4-1-2-16-14-25(5-3-19(16)24)20(26)23-6-8-27-9-7-23/h10-12,16,19H,1-9,13-14H2/t16-,19+/m1/s1. The number of hydrogen-bond donors (Lipinski definition) is 0. The van der Waals surface area contributed by atoms with Crippen molar-refractivity contribution in [3.8, 4) is 0 Å². The van der Waals surface area contributed by atoms with Crippen molar-refractivity contribution in [3.05, 3.63) is 35.4 Å². The van der Waals surface area contributed by atoms with Crippen LogP contribution in [0, 0.1) is 17.6 Å². The number of halogens is 2. The van der Waals surface area contributed by atoms with Gasteiger partial charge >= 0.3 is 6.03 Å². The van der Waals surface area contributed by atoms with Crippen molar-refractivity contribution in [2.75, 3.05) is 45.9 Å². The van der Waals surface area contributed by atoms with Crippen LogP contribution in [0.25, 0.3) is 0 Å². The van der Waals surface area contributed by atoms with Gasteiger partial charge in [-0.3, -0.25) is 4.90 Å². The molecule has 0 spiro atoms. The van der Waals surface area contributed by atoms with Crippen LogP contribution in [0.1, 0.15) is 24.8 Å². The number of amides is 2. The molecule has 0 saturated carbocycles. The van der Waals surface area contributed by atoms with Crippen LogP contribution in [0.3, 0.4) is 0 Å². The number of carbonyl (C=O) groups excluding carboxylic acids is 1. The van der Waals surface area contributed by atoms with Gasteiger partial charge in [-0.05, 0) is 49.4 Å². The van der Waals surface area contributed by atoms with Crippen LogP contribution in [0.5, 0.6) is 0 Å². The minimum Gasteiger partial charge on any atom is -0.378 e. The summed E-state index contributed by atoms with van der Waals surface area (Å²) in [6.07, 6.45) is 3.07. The number of rotatable bonds is 2. The molecule has 1 aromatic rings. The van der Waals surface area contributed by atoms with Crippen molar-refractivity contribution >= 4 is 6.03 Å². The Kier molecular flexibility index (Phi) is 5.59. The number of hydrogen-bond acceptors (Lipinski definition) is 3. The monoisotopic (exact) mass is 379 g/mol. The highest BCUT2D eigenvalue weighted by Gasteiger charge is 2.38. The summed E-state index contributed by atoms with van der Waals surface area (Å²) in [6, 6.07) is 4.26. The molecule has 3 fully saturated rings. The molecule has 3 aliphatic rings. The fourth-order valence-corrected chi connectivity index (χ4v) is 4.77. The second-order valence-corrected chi connectivity index (χ2v) is 7.83. The van der Waals surface area contributed by atoms with Crippen LogP contribution < -0.4 is 0 Å². The molecule has 0 unspecified atom stereocenters. The van der Waals surface area contributed by atoms with Crippen molar-refractivity contribution in [2.45, 2.75) is 31.8 Å². The Morgan fingerprint density at radius 3 is 2.48 bits per heavy atom. The first-order valence-electron chi connectivity index (χ1n) is 9.91.